The summed E-state index contributed by atoms with van der Waals surface area (Å²) in [6.45, 7) is -1.58. The largest absolute Gasteiger partial charge is 0.481 e. The maximum absolute atomic E-state index is 10.9. The maximum atomic E-state index is 10.9. The Labute approximate surface area is 108 Å². The minimum atomic E-state index is -1.29. The van der Waals surface area contributed by atoms with Gasteiger partial charge in [-0.15, -0.1) is 0 Å². The Balaban J connectivity index is 4.62. The Bertz CT molecular complexity index is 351. The lowest BCUT2D eigenvalue weighted by Crippen LogP contribution is -2.40. The molecule has 1 atom stereocenters. The standard InChI is InChI=1S/C10H15NO8/c12-7(13)2-1-6(10(18)19)3-11(4-8(14)15)5-9(16)17/h6H,1-5H2,(H,12,13)(H,14,15)(H,16,17)(H,18,19)/t6-/m1/s1. The molecule has 0 heterocycles. The summed E-state index contributed by atoms with van der Waals surface area (Å²) >= 11 is 0. The molecule has 0 rings (SSSR count). The van der Waals surface area contributed by atoms with E-state index in [4.69, 9.17) is 20.4 Å². The summed E-state index contributed by atoms with van der Waals surface area (Å²) in [5.74, 6) is -6.17. The highest BCUT2D eigenvalue weighted by Crippen LogP contribution is 2.09. The number of rotatable bonds is 10. The normalized spacial score (nSPS) is 12.1. The van der Waals surface area contributed by atoms with Gasteiger partial charge in [-0.2, -0.15) is 0 Å². The number of nitrogens with zero attached hydrogens (tertiary/aromatic N) is 1. The van der Waals surface area contributed by atoms with Crippen molar-refractivity contribution >= 4 is 23.9 Å². The molecule has 0 aromatic rings. The number of carboxylic acids is 4. The molecule has 0 aliphatic carbocycles. The van der Waals surface area contributed by atoms with Crippen LogP contribution < -0.4 is 0 Å². The third kappa shape index (κ3) is 8.55. The summed E-state index contributed by atoms with van der Waals surface area (Å²) < 4.78 is 0. The van der Waals surface area contributed by atoms with E-state index in [1.165, 1.54) is 0 Å². The Hall–Kier alpha value is -2.16. The van der Waals surface area contributed by atoms with Gasteiger partial charge in [0, 0.05) is 13.0 Å². The number of carboxylic acid groups (broad SMARTS) is 4. The Kier molecular flexibility index (Phi) is 7.12. The van der Waals surface area contributed by atoms with Crippen LogP contribution in [0.5, 0.6) is 0 Å². The first-order valence-corrected chi connectivity index (χ1v) is 5.33. The van der Waals surface area contributed by atoms with E-state index in [1.54, 1.807) is 0 Å². The molecule has 9 heteroatoms. The number of hydrogen-bond donors (Lipinski definition) is 4. The van der Waals surface area contributed by atoms with Gasteiger partial charge >= 0.3 is 23.9 Å². The van der Waals surface area contributed by atoms with E-state index >= 15 is 0 Å². The molecule has 9 nitrogen and oxygen atoms in total. The molecule has 0 aliphatic heterocycles. The number of hydrogen-bond acceptors (Lipinski definition) is 5. The van der Waals surface area contributed by atoms with Crippen molar-refractivity contribution in [2.45, 2.75) is 12.8 Å². The van der Waals surface area contributed by atoms with E-state index < -0.39 is 42.9 Å². The number of carbonyl (C=O) groups is 4. The molecule has 0 amide bonds. The SMILES string of the molecule is O=C(O)CC[C@H](CN(CC(=O)O)CC(=O)O)C(=O)O. The highest BCUT2D eigenvalue weighted by molar-refractivity contribution is 5.74. The molecule has 0 aromatic heterocycles. The van der Waals surface area contributed by atoms with Crippen molar-refractivity contribution < 1.29 is 39.6 Å². The fraction of sp³-hybridized carbons (Fsp3) is 0.600. The zero-order chi connectivity index (χ0) is 15.0. The average molecular weight is 277 g/mol. The van der Waals surface area contributed by atoms with Crippen LogP contribution in [0.3, 0.4) is 0 Å². The summed E-state index contributed by atoms with van der Waals surface area (Å²) in [7, 11) is 0. The summed E-state index contributed by atoms with van der Waals surface area (Å²) in [4.78, 5) is 43.3. The van der Waals surface area contributed by atoms with E-state index in [9.17, 15) is 19.2 Å². The molecular weight excluding hydrogens is 262 g/mol. The van der Waals surface area contributed by atoms with Crippen LogP contribution in [-0.4, -0.2) is 68.8 Å². The van der Waals surface area contributed by atoms with Crippen molar-refractivity contribution in [3.05, 3.63) is 0 Å². The molecular formula is C10H15NO8. The molecule has 0 unspecified atom stereocenters. The molecule has 0 aromatic carbocycles. The van der Waals surface area contributed by atoms with Crippen LogP contribution in [0.1, 0.15) is 12.8 Å². The topological polar surface area (TPSA) is 152 Å². The summed E-state index contributed by atoms with van der Waals surface area (Å²) in [6, 6.07) is 0. The van der Waals surface area contributed by atoms with Crippen molar-refractivity contribution in [3.8, 4) is 0 Å². The van der Waals surface area contributed by atoms with Gasteiger partial charge in [-0.1, -0.05) is 0 Å². The van der Waals surface area contributed by atoms with Gasteiger partial charge in [0.25, 0.3) is 0 Å². The van der Waals surface area contributed by atoms with Gasteiger partial charge < -0.3 is 20.4 Å². The van der Waals surface area contributed by atoms with Crippen LogP contribution in [0, 0.1) is 5.92 Å². The quantitative estimate of drug-likeness (QED) is 0.394. The van der Waals surface area contributed by atoms with E-state index in [-0.39, 0.29) is 19.4 Å². The third-order valence-corrected chi connectivity index (χ3v) is 2.25. The van der Waals surface area contributed by atoms with Gasteiger partial charge in [0.05, 0.1) is 19.0 Å². The summed E-state index contributed by atoms with van der Waals surface area (Å²) in [6.07, 6.45) is -0.578. The lowest BCUT2D eigenvalue weighted by Gasteiger charge is -2.21. The monoisotopic (exact) mass is 277 g/mol. The smallest absolute Gasteiger partial charge is 0.317 e. The van der Waals surface area contributed by atoms with E-state index in [0.29, 0.717) is 0 Å². The highest BCUT2D eigenvalue weighted by Gasteiger charge is 2.24. The van der Waals surface area contributed by atoms with Gasteiger partial charge in [-0.3, -0.25) is 24.1 Å². The van der Waals surface area contributed by atoms with Crippen molar-refractivity contribution in [1.82, 2.24) is 4.90 Å². The van der Waals surface area contributed by atoms with Crippen LogP contribution in [0.4, 0.5) is 0 Å². The molecule has 0 spiro atoms. The first-order chi connectivity index (χ1) is 8.72. The first kappa shape index (κ1) is 16.8. The first-order valence-electron chi connectivity index (χ1n) is 5.33. The van der Waals surface area contributed by atoms with Gasteiger partial charge in [-0.05, 0) is 6.42 Å². The lowest BCUT2D eigenvalue weighted by atomic mass is 10.0. The zero-order valence-corrected chi connectivity index (χ0v) is 9.98. The van der Waals surface area contributed by atoms with Crippen LogP contribution in [0.25, 0.3) is 0 Å². The molecule has 0 fully saturated rings. The minimum Gasteiger partial charge on any atom is -0.481 e. The average Bonchev–Trinajstić information content (AvgIpc) is 2.21. The lowest BCUT2D eigenvalue weighted by molar-refractivity contribution is -0.148. The van der Waals surface area contributed by atoms with Crippen molar-refractivity contribution in [1.29, 1.82) is 0 Å². The van der Waals surface area contributed by atoms with Crippen molar-refractivity contribution in [3.63, 3.8) is 0 Å². The fourth-order valence-corrected chi connectivity index (χ4v) is 1.47. The zero-order valence-electron chi connectivity index (χ0n) is 9.98. The highest BCUT2D eigenvalue weighted by atomic mass is 16.4. The van der Waals surface area contributed by atoms with Gasteiger partial charge in [0.15, 0.2) is 0 Å². The van der Waals surface area contributed by atoms with E-state index in [2.05, 4.69) is 0 Å². The molecule has 108 valence electrons. The van der Waals surface area contributed by atoms with Gasteiger partial charge in [0.2, 0.25) is 0 Å². The van der Waals surface area contributed by atoms with Crippen molar-refractivity contribution in [2.75, 3.05) is 19.6 Å². The van der Waals surface area contributed by atoms with Crippen molar-refractivity contribution in [2.24, 2.45) is 5.92 Å². The Morgan fingerprint density at radius 2 is 1.32 bits per heavy atom. The van der Waals surface area contributed by atoms with E-state index in [1.807, 2.05) is 0 Å². The second-order valence-corrected chi connectivity index (χ2v) is 3.92. The van der Waals surface area contributed by atoms with E-state index in [0.717, 1.165) is 4.90 Å². The Morgan fingerprint density at radius 3 is 1.63 bits per heavy atom. The molecule has 0 saturated heterocycles. The molecule has 0 radical (unpaired) electrons. The van der Waals surface area contributed by atoms with Gasteiger partial charge in [-0.25, -0.2) is 0 Å². The predicted octanol–water partition coefficient (Wildman–Crippen LogP) is -0.977. The fourth-order valence-electron chi connectivity index (χ4n) is 1.47. The molecule has 0 saturated carbocycles. The molecule has 0 aliphatic rings. The third-order valence-electron chi connectivity index (χ3n) is 2.25. The predicted molar refractivity (Wildman–Crippen MR) is 59.7 cm³/mol. The minimum absolute atomic E-state index is 0.194. The molecule has 4 N–H and O–H groups in total. The maximum Gasteiger partial charge on any atom is 0.317 e. The summed E-state index contributed by atoms with van der Waals surface area (Å²) in [5.41, 5.74) is 0. The molecule has 0 bridgehead atoms. The van der Waals surface area contributed by atoms with Crippen LogP contribution in [0.2, 0.25) is 0 Å². The second-order valence-electron chi connectivity index (χ2n) is 3.92. The van der Waals surface area contributed by atoms with Crippen LogP contribution in [0.15, 0.2) is 0 Å². The van der Waals surface area contributed by atoms with Crippen LogP contribution >= 0.6 is 0 Å². The Morgan fingerprint density at radius 1 is 0.842 bits per heavy atom. The molecule has 19 heavy (non-hydrogen) atoms. The number of aliphatic carboxylic acids is 4. The van der Waals surface area contributed by atoms with Crippen LogP contribution in [-0.2, 0) is 19.2 Å². The van der Waals surface area contributed by atoms with Gasteiger partial charge in [0.1, 0.15) is 0 Å². The second kappa shape index (κ2) is 8.03. The summed E-state index contributed by atoms with van der Waals surface area (Å²) in [5, 5.41) is 34.5.